The molecule has 1 aromatic heterocycles. The van der Waals surface area contributed by atoms with E-state index in [2.05, 4.69) is 10.3 Å². The fraction of sp³-hybridized carbons (Fsp3) is 0.545. The van der Waals surface area contributed by atoms with Crippen LogP contribution in [0.2, 0.25) is 5.02 Å². The van der Waals surface area contributed by atoms with Gasteiger partial charge in [0.1, 0.15) is 5.69 Å². The number of aromatic nitrogens is 1. The molecule has 0 aliphatic rings. The Morgan fingerprint density at radius 2 is 2.38 bits per heavy atom. The maximum atomic E-state index is 11.6. The number of halogens is 1. The van der Waals surface area contributed by atoms with Crippen LogP contribution in [-0.4, -0.2) is 28.1 Å². The van der Waals surface area contributed by atoms with Crippen molar-refractivity contribution < 1.29 is 9.90 Å². The molecule has 1 amide bonds. The second kappa shape index (κ2) is 5.37. The van der Waals surface area contributed by atoms with Crippen LogP contribution < -0.4 is 5.32 Å². The van der Waals surface area contributed by atoms with Crippen LogP contribution in [-0.2, 0) is 0 Å². The minimum absolute atomic E-state index is 0.232. The number of amides is 1. The van der Waals surface area contributed by atoms with E-state index in [1.165, 1.54) is 0 Å². The summed E-state index contributed by atoms with van der Waals surface area (Å²) < 4.78 is 0. The average Bonchev–Trinajstić information content (AvgIpc) is 2.61. The molecule has 1 rings (SSSR count). The van der Waals surface area contributed by atoms with Crippen molar-refractivity contribution in [2.45, 2.75) is 32.3 Å². The molecular formula is C11H17ClN2O2. The normalized spacial score (nSPS) is 14.5. The first-order chi connectivity index (χ1) is 7.44. The molecule has 5 heteroatoms. The molecule has 1 unspecified atom stereocenters. The molecule has 4 nitrogen and oxygen atoms in total. The molecule has 3 N–H and O–H groups in total. The van der Waals surface area contributed by atoms with Crippen molar-refractivity contribution in [2.24, 2.45) is 0 Å². The van der Waals surface area contributed by atoms with Gasteiger partial charge in [-0.25, -0.2) is 0 Å². The second-order valence-corrected chi connectivity index (χ2v) is 4.60. The number of hydrogen-bond acceptors (Lipinski definition) is 2. The SMILES string of the molecule is CCCC(C)(O)CNC(=O)c1cc(Cl)c[nH]1. The molecule has 0 bridgehead atoms. The maximum Gasteiger partial charge on any atom is 0.267 e. The molecule has 0 aromatic carbocycles. The number of H-pyrrole nitrogens is 1. The molecule has 0 saturated carbocycles. The van der Waals surface area contributed by atoms with Crippen molar-refractivity contribution in [1.29, 1.82) is 0 Å². The minimum atomic E-state index is -0.860. The van der Waals surface area contributed by atoms with Gasteiger partial charge >= 0.3 is 0 Å². The quantitative estimate of drug-likeness (QED) is 0.741. The van der Waals surface area contributed by atoms with Gasteiger partial charge in [-0.2, -0.15) is 0 Å². The number of nitrogens with one attached hydrogen (secondary N) is 2. The molecule has 1 aromatic rings. The van der Waals surface area contributed by atoms with E-state index in [9.17, 15) is 9.90 Å². The Morgan fingerprint density at radius 1 is 1.69 bits per heavy atom. The van der Waals surface area contributed by atoms with Gasteiger partial charge in [-0.1, -0.05) is 24.9 Å². The lowest BCUT2D eigenvalue weighted by Crippen LogP contribution is -2.40. The van der Waals surface area contributed by atoms with Crippen LogP contribution in [0.4, 0.5) is 0 Å². The van der Waals surface area contributed by atoms with Crippen molar-refractivity contribution in [3.05, 3.63) is 23.0 Å². The summed E-state index contributed by atoms with van der Waals surface area (Å²) in [4.78, 5) is 14.3. The van der Waals surface area contributed by atoms with Crippen LogP contribution in [0.25, 0.3) is 0 Å². The molecule has 0 radical (unpaired) electrons. The molecule has 0 saturated heterocycles. The Morgan fingerprint density at radius 3 is 2.88 bits per heavy atom. The highest BCUT2D eigenvalue weighted by Gasteiger charge is 2.20. The Labute approximate surface area is 100 Å². The lowest BCUT2D eigenvalue weighted by molar-refractivity contribution is 0.0468. The van der Waals surface area contributed by atoms with E-state index in [0.717, 1.165) is 6.42 Å². The standard InChI is InChI=1S/C11H17ClN2O2/c1-3-4-11(2,16)7-14-10(15)9-5-8(12)6-13-9/h5-6,13,16H,3-4,7H2,1-2H3,(H,14,15). The third-order valence-electron chi connectivity index (χ3n) is 2.31. The van der Waals surface area contributed by atoms with E-state index in [0.29, 0.717) is 17.1 Å². The molecule has 1 atom stereocenters. The van der Waals surface area contributed by atoms with Gasteiger partial charge in [0.2, 0.25) is 0 Å². The fourth-order valence-electron chi connectivity index (χ4n) is 1.49. The number of carbonyl (C=O) groups excluding carboxylic acids is 1. The topological polar surface area (TPSA) is 65.1 Å². The van der Waals surface area contributed by atoms with E-state index in [-0.39, 0.29) is 12.5 Å². The first-order valence-corrected chi connectivity index (χ1v) is 5.67. The zero-order chi connectivity index (χ0) is 12.2. The zero-order valence-electron chi connectivity index (χ0n) is 9.51. The van der Waals surface area contributed by atoms with E-state index in [4.69, 9.17) is 11.6 Å². The van der Waals surface area contributed by atoms with Crippen LogP contribution in [0.15, 0.2) is 12.3 Å². The Bertz CT molecular complexity index is 361. The van der Waals surface area contributed by atoms with Crippen LogP contribution in [0.5, 0.6) is 0 Å². The highest BCUT2D eigenvalue weighted by atomic mass is 35.5. The van der Waals surface area contributed by atoms with Crippen LogP contribution in [0.1, 0.15) is 37.2 Å². The maximum absolute atomic E-state index is 11.6. The summed E-state index contributed by atoms with van der Waals surface area (Å²) in [7, 11) is 0. The Kier molecular flexibility index (Phi) is 4.38. The molecule has 0 aliphatic carbocycles. The number of carbonyl (C=O) groups is 1. The summed E-state index contributed by atoms with van der Waals surface area (Å²) in [6, 6.07) is 1.55. The van der Waals surface area contributed by atoms with Gasteiger partial charge in [-0.3, -0.25) is 4.79 Å². The van der Waals surface area contributed by atoms with Gasteiger partial charge in [-0.15, -0.1) is 0 Å². The van der Waals surface area contributed by atoms with Crippen LogP contribution in [0.3, 0.4) is 0 Å². The van der Waals surface area contributed by atoms with Crippen molar-refractivity contribution in [3.8, 4) is 0 Å². The number of hydrogen-bond donors (Lipinski definition) is 3. The summed E-state index contributed by atoms with van der Waals surface area (Å²) in [6.45, 7) is 3.93. The van der Waals surface area contributed by atoms with Gasteiger partial charge in [0.25, 0.3) is 5.91 Å². The van der Waals surface area contributed by atoms with Gasteiger partial charge in [-0.05, 0) is 19.4 Å². The highest BCUT2D eigenvalue weighted by Crippen LogP contribution is 2.12. The van der Waals surface area contributed by atoms with E-state index < -0.39 is 5.60 Å². The predicted octanol–water partition coefficient (Wildman–Crippen LogP) is 1.95. The summed E-state index contributed by atoms with van der Waals surface area (Å²) in [5.41, 5.74) is -0.460. The van der Waals surface area contributed by atoms with E-state index >= 15 is 0 Å². The van der Waals surface area contributed by atoms with Crippen LogP contribution in [0, 0.1) is 0 Å². The van der Waals surface area contributed by atoms with Crippen molar-refractivity contribution in [3.63, 3.8) is 0 Å². The minimum Gasteiger partial charge on any atom is -0.388 e. The van der Waals surface area contributed by atoms with Gasteiger partial charge in [0, 0.05) is 12.7 Å². The monoisotopic (exact) mass is 244 g/mol. The molecule has 0 aliphatic heterocycles. The lowest BCUT2D eigenvalue weighted by Gasteiger charge is -2.22. The largest absolute Gasteiger partial charge is 0.388 e. The predicted molar refractivity (Wildman–Crippen MR) is 63.7 cm³/mol. The molecule has 0 spiro atoms. The van der Waals surface area contributed by atoms with Crippen molar-refractivity contribution >= 4 is 17.5 Å². The van der Waals surface area contributed by atoms with Crippen molar-refractivity contribution in [1.82, 2.24) is 10.3 Å². The van der Waals surface area contributed by atoms with Gasteiger partial charge in [0.15, 0.2) is 0 Å². The average molecular weight is 245 g/mol. The summed E-state index contributed by atoms with van der Waals surface area (Å²) in [5.74, 6) is -0.261. The lowest BCUT2D eigenvalue weighted by atomic mass is 10.0. The highest BCUT2D eigenvalue weighted by molar-refractivity contribution is 6.30. The zero-order valence-corrected chi connectivity index (χ0v) is 10.3. The van der Waals surface area contributed by atoms with Crippen LogP contribution >= 0.6 is 11.6 Å². The van der Waals surface area contributed by atoms with E-state index in [1.54, 1.807) is 19.2 Å². The smallest absolute Gasteiger partial charge is 0.267 e. The molecule has 1 heterocycles. The summed E-state index contributed by atoms with van der Waals surface area (Å²) in [6.07, 6.45) is 3.07. The number of aromatic amines is 1. The van der Waals surface area contributed by atoms with Gasteiger partial charge in [0.05, 0.1) is 10.6 Å². The van der Waals surface area contributed by atoms with Gasteiger partial charge < -0.3 is 15.4 Å². The molecular weight excluding hydrogens is 228 g/mol. The fourth-order valence-corrected chi connectivity index (χ4v) is 1.66. The number of rotatable bonds is 5. The number of aliphatic hydroxyl groups is 1. The van der Waals surface area contributed by atoms with Crippen molar-refractivity contribution in [2.75, 3.05) is 6.54 Å². The van der Waals surface area contributed by atoms with E-state index in [1.807, 2.05) is 6.92 Å². The third kappa shape index (κ3) is 3.87. The third-order valence-corrected chi connectivity index (χ3v) is 2.53. The molecule has 90 valence electrons. The Balaban J connectivity index is 2.47. The first kappa shape index (κ1) is 13.1. The first-order valence-electron chi connectivity index (χ1n) is 5.29. The summed E-state index contributed by atoms with van der Waals surface area (Å²) >= 11 is 5.68. The Hall–Kier alpha value is -1.00. The molecule has 16 heavy (non-hydrogen) atoms. The summed E-state index contributed by atoms with van der Waals surface area (Å²) in [5, 5.41) is 13.0. The second-order valence-electron chi connectivity index (χ2n) is 4.16. The molecule has 0 fully saturated rings.